The molecule has 1 N–H and O–H groups in total. The van der Waals surface area contributed by atoms with Crippen LogP contribution in [0, 0.1) is 6.92 Å². The second-order valence-corrected chi connectivity index (χ2v) is 5.85. The normalized spacial score (nSPS) is 11.7. The fourth-order valence-electron chi connectivity index (χ4n) is 1.90. The predicted molar refractivity (Wildman–Crippen MR) is 84.4 cm³/mol. The minimum atomic E-state index is -0.134. The van der Waals surface area contributed by atoms with Gasteiger partial charge in [-0.15, -0.1) is 0 Å². The molecule has 0 aliphatic heterocycles. The largest absolute Gasteiger partial charge is 0.493 e. The van der Waals surface area contributed by atoms with E-state index in [1.807, 2.05) is 0 Å². The highest BCUT2D eigenvalue weighted by Crippen LogP contribution is 2.21. The summed E-state index contributed by atoms with van der Waals surface area (Å²) in [6.07, 6.45) is 2.02. The average Bonchev–Trinajstić information content (AvgIpc) is 2.41. The van der Waals surface area contributed by atoms with Crippen molar-refractivity contribution in [1.82, 2.24) is 5.32 Å². The third-order valence-corrected chi connectivity index (χ3v) is 3.47. The van der Waals surface area contributed by atoms with Crippen LogP contribution in [0.1, 0.15) is 44.7 Å². The third kappa shape index (κ3) is 5.93. The Morgan fingerprint density at radius 1 is 1.25 bits per heavy atom. The van der Waals surface area contributed by atoms with Gasteiger partial charge in [0.05, 0.1) is 12.2 Å². The minimum Gasteiger partial charge on any atom is -0.493 e. The third-order valence-electron chi connectivity index (χ3n) is 3.47. The van der Waals surface area contributed by atoms with Crippen molar-refractivity contribution in [3.05, 3.63) is 29.3 Å². The summed E-state index contributed by atoms with van der Waals surface area (Å²) < 4.78 is 11.4. The van der Waals surface area contributed by atoms with Gasteiger partial charge in [-0.2, -0.15) is 0 Å². The highest BCUT2D eigenvalue weighted by atomic mass is 16.5. The lowest BCUT2D eigenvalue weighted by Gasteiger charge is -2.23. The van der Waals surface area contributed by atoms with Crippen molar-refractivity contribution < 1.29 is 9.47 Å². The Labute approximate surface area is 123 Å². The van der Waals surface area contributed by atoms with E-state index in [9.17, 15) is 0 Å². The molecule has 0 saturated carbocycles. The van der Waals surface area contributed by atoms with E-state index in [0.29, 0.717) is 6.61 Å². The van der Waals surface area contributed by atoms with Crippen LogP contribution in [0.2, 0.25) is 0 Å². The molecule has 0 saturated heterocycles. The van der Waals surface area contributed by atoms with Crippen LogP contribution in [0.4, 0.5) is 0 Å². The predicted octanol–water partition coefficient (Wildman–Crippen LogP) is 3.69. The van der Waals surface area contributed by atoms with Gasteiger partial charge in [-0.1, -0.05) is 24.6 Å². The minimum absolute atomic E-state index is 0.134. The zero-order chi connectivity index (χ0) is 15.0. The quantitative estimate of drug-likeness (QED) is 0.699. The molecule has 114 valence electrons. The van der Waals surface area contributed by atoms with Gasteiger partial charge >= 0.3 is 0 Å². The molecule has 0 heterocycles. The number of methoxy groups -OCH3 is 1. The summed E-state index contributed by atoms with van der Waals surface area (Å²) in [7, 11) is 1.74. The van der Waals surface area contributed by atoms with Crippen LogP contribution in [0.15, 0.2) is 18.2 Å². The van der Waals surface area contributed by atoms with Crippen LogP contribution in [-0.2, 0) is 11.3 Å². The van der Waals surface area contributed by atoms with Gasteiger partial charge in [0.25, 0.3) is 0 Å². The molecule has 0 spiro atoms. The van der Waals surface area contributed by atoms with Gasteiger partial charge in [0.15, 0.2) is 0 Å². The smallest absolute Gasteiger partial charge is 0.123 e. The first-order valence-electron chi connectivity index (χ1n) is 7.46. The molecule has 0 atom stereocenters. The molecule has 0 aliphatic carbocycles. The number of ether oxygens (including phenoxy) is 2. The average molecular weight is 279 g/mol. The summed E-state index contributed by atoms with van der Waals surface area (Å²) in [5.41, 5.74) is 2.36. The Balaban J connectivity index is 2.59. The van der Waals surface area contributed by atoms with Gasteiger partial charge in [0.1, 0.15) is 5.75 Å². The highest BCUT2D eigenvalue weighted by Gasteiger charge is 2.16. The molecule has 0 aromatic heterocycles. The summed E-state index contributed by atoms with van der Waals surface area (Å²) >= 11 is 0. The summed E-state index contributed by atoms with van der Waals surface area (Å²) in [4.78, 5) is 0. The first-order chi connectivity index (χ1) is 9.48. The molecule has 0 aliphatic rings. The maximum absolute atomic E-state index is 5.94. The summed E-state index contributed by atoms with van der Waals surface area (Å²) in [6, 6.07) is 6.36. The SMILES string of the molecule is CCCNCc1cc(C)ccc1OCCC(C)(C)OC. The van der Waals surface area contributed by atoms with Crippen LogP contribution >= 0.6 is 0 Å². The monoisotopic (exact) mass is 279 g/mol. The first kappa shape index (κ1) is 17.0. The number of rotatable bonds is 9. The molecule has 1 aromatic rings. The van der Waals surface area contributed by atoms with Gasteiger partial charge in [0, 0.05) is 25.6 Å². The highest BCUT2D eigenvalue weighted by molar-refractivity contribution is 5.36. The topological polar surface area (TPSA) is 30.5 Å². The van der Waals surface area contributed by atoms with Crippen LogP contribution in [0.5, 0.6) is 5.75 Å². The van der Waals surface area contributed by atoms with Gasteiger partial charge in [-0.05, 0) is 39.8 Å². The lowest BCUT2D eigenvalue weighted by molar-refractivity contribution is 0.00537. The fourth-order valence-corrected chi connectivity index (χ4v) is 1.90. The zero-order valence-corrected chi connectivity index (χ0v) is 13.6. The van der Waals surface area contributed by atoms with E-state index in [1.54, 1.807) is 7.11 Å². The van der Waals surface area contributed by atoms with Gasteiger partial charge < -0.3 is 14.8 Å². The van der Waals surface area contributed by atoms with E-state index < -0.39 is 0 Å². The number of benzene rings is 1. The van der Waals surface area contributed by atoms with Gasteiger partial charge in [0.2, 0.25) is 0 Å². The second-order valence-electron chi connectivity index (χ2n) is 5.85. The van der Waals surface area contributed by atoms with Crippen LogP contribution < -0.4 is 10.1 Å². The van der Waals surface area contributed by atoms with Crippen molar-refractivity contribution in [2.45, 2.75) is 52.7 Å². The number of hydrogen-bond donors (Lipinski definition) is 1. The Morgan fingerprint density at radius 2 is 2.00 bits per heavy atom. The molecule has 0 unspecified atom stereocenters. The van der Waals surface area contributed by atoms with E-state index in [-0.39, 0.29) is 5.60 Å². The van der Waals surface area contributed by atoms with E-state index >= 15 is 0 Å². The first-order valence-corrected chi connectivity index (χ1v) is 7.46. The molecular formula is C17H29NO2. The maximum atomic E-state index is 5.94. The van der Waals surface area contributed by atoms with Crippen molar-refractivity contribution >= 4 is 0 Å². The molecule has 20 heavy (non-hydrogen) atoms. The van der Waals surface area contributed by atoms with E-state index in [4.69, 9.17) is 9.47 Å². The number of hydrogen-bond acceptors (Lipinski definition) is 3. The molecular weight excluding hydrogens is 250 g/mol. The van der Waals surface area contributed by atoms with Crippen LogP contribution in [0.3, 0.4) is 0 Å². The van der Waals surface area contributed by atoms with Crippen LogP contribution in [-0.4, -0.2) is 25.9 Å². The number of nitrogens with one attached hydrogen (secondary N) is 1. The van der Waals surface area contributed by atoms with E-state index in [2.05, 4.69) is 51.2 Å². The Hall–Kier alpha value is -1.06. The number of aryl methyl sites for hydroxylation is 1. The fraction of sp³-hybridized carbons (Fsp3) is 0.647. The molecule has 3 heteroatoms. The zero-order valence-electron chi connectivity index (χ0n) is 13.6. The Bertz CT molecular complexity index is 402. The van der Waals surface area contributed by atoms with Crippen LogP contribution in [0.25, 0.3) is 0 Å². The molecule has 1 aromatic carbocycles. The van der Waals surface area contributed by atoms with Crippen molar-refractivity contribution in [2.24, 2.45) is 0 Å². The molecule has 3 nitrogen and oxygen atoms in total. The van der Waals surface area contributed by atoms with Gasteiger partial charge in [-0.3, -0.25) is 0 Å². The van der Waals surface area contributed by atoms with Crippen molar-refractivity contribution in [2.75, 3.05) is 20.3 Å². The van der Waals surface area contributed by atoms with Crippen molar-refractivity contribution in [1.29, 1.82) is 0 Å². The second kappa shape index (κ2) is 8.28. The van der Waals surface area contributed by atoms with Gasteiger partial charge in [-0.25, -0.2) is 0 Å². The van der Waals surface area contributed by atoms with Crippen molar-refractivity contribution in [3.63, 3.8) is 0 Å². The van der Waals surface area contributed by atoms with E-state index in [1.165, 1.54) is 11.1 Å². The lowest BCUT2D eigenvalue weighted by atomic mass is 10.1. The molecule has 0 fully saturated rings. The maximum Gasteiger partial charge on any atom is 0.123 e. The lowest BCUT2D eigenvalue weighted by Crippen LogP contribution is -2.25. The summed E-state index contributed by atoms with van der Waals surface area (Å²) in [5, 5.41) is 3.43. The summed E-state index contributed by atoms with van der Waals surface area (Å²) in [6.45, 7) is 11.0. The molecule has 0 amide bonds. The Morgan fingerprint density at radius 3 is 2.65 bits per heavy atom. The standard InChI is InChI=1S/C17H29NO2/c1-6-10-18-13-15-12-14(2)7-8-16(15)20-11-9-17(3,4)19-5/h7-8,12,18H,6,9-11,13H2,1-5H3. The molecule has 0 radical (unpaired) electrons. The van der Waals surface area contributed by atoms with Crippen molar-refractivity contribution in [3.8, 4) is 5.75 Å². The Kier molecular flexibility index (Phi) is 7.03. The molecule has 0 bridgehead atoms. The molecule has 1 rings (SSSR count). The van der Waals surface area contributed by atoms with E-state index in [0.717, 1.165) is 31.7 Å². The summed E-state index contributed by atoms with van der Waals surface area (Å²) in [5.74, 6) is 0.978.